The molecule has 1 amide bonds. The summed E-state index contributed by atoms with van der Waals surface area (Å²) in [6.45, 7) is 1.48. The van der Waals surface area contributed by atoms with Crippen molar-refractivity contribution in [3.8, 4) is 5.75 Å². The first-order valence-corrected chi connectivity index (χ1v) is 9.47. The van der Waals surface area contributed by atoms with Crippen LogP contribution in [0.3, 0.4) is 0 Å². The first-order chi connectivity index (χ1) is 13.2. The molecule has 1 saturated heterocycles. The van der Waals surface area contributed by atoms with Gasteiger partial charge in [-0.2, -0.15) is 0 Å². The molecule has 2 aromatic rings. The number of ether oxygens (including phenoxy) is 1. The predicted molar refractivity (Wildman–Crippen MR) is 108 cm³/mol. The van der Waals surface area contributed by atoms with E-state index in [1.807, 2.05) is 29.3 Å². The van der Waals surface area contributed by atoms with Gasteiger partial charge < -0.3 is 9.64 Å². The molecule has 0 bridgehead atoms. The molecule has 2 aliphatic heterocycles. The van der Waals surface area contributed by atoms with Gasteiger partial charge in [0.15, 0.2) is 0 Å². The third-order valence-electron chi connectivity index (χ3n) is 6.14. The third-order valence-corrected chi connectivity index (χ3v) is 6.14. The van der Waals surface area contributed by atoms with Crippen molar-refractivity contribution in [2.45, 2.75) is 19.3 Å². The summed E-state index contributed by atoms with van der Waals surface area (Å²) in [4.78, 5) is 19.6. The van der Waals surface area contributed by atoms with Crippen LogP contribution in [0.4, 0.5) is 5.69 Å². The maximum Gasteiger partial charge on any atom is 0.233 e. The molecular formula is C23H22N2O2. The average molecular weight is 358 g/mol. The molecule has 136 valence electrons. The van der Waals surface area contributed by atoms with Crippen LogP contribution in [0.1, 0.15) is 23.1 Å². The third kappa shape index (κ3) is 2.51. The lowest BCUT2D eigenvalue weighted by atomic mass is 9.83. The SMILES string of the molecule is COc1cc(N2CCC3(Cc4ccccc4C3)C2=O)ccc1C1=CCN=C1. The van der Waals surface area contributed by atoms with Gasteiger partial charge in [-0.05, 0) is 42.5 Å². The number of carbonyl (C=O) groups is 1. The van der Waals surface area contributed by atoms with Crippen LogP contribution in [0, 0.1) is 5.41 Å². The van der Waals surface area contributed by atoms with E-state index in [4.69, 9.17) is 4.74 Å². The zero-order valence-corrected chi connectivity index (χ0v) is 15.4. The Labute approximate surface area is 159 Å². The fourth-order valence-electron chi connectivity index (χ4n) is 4.71. The normalized spacial score (nSPS) is 19.7. The quantitative estimate of drug-likeness (QED) is 0.840. The van der Waals surface area contributed by atoms with E-state index in [1.54, 1.807) is 7.11 Å². The Morgan fingerprint density at radius 2 is 1.89 bits per heavy atom. The lowest BCUT2D eigenvalue weighted by Crippen LogP contribution is -2.35. The number of fused-ring (bicyclic) bond motifs is 1. The highest BCUT2D eigenvalue weighted by molar-refractivity contribution is 6.12. The van der Waals surface area contributed by atoms with Crippen LogP contribution in [-0.2, 0) is 17.6 Å². The van der Waals surface area contributed by atoms with Crippen LogP contribution in [-0.4, -0.2) is 32.3 Å². The van der Waals surface area contributed by atoms with Gasteiger partial charge in [-0.15, -0.1) is 0 Å². The topological polar surface area (TPSA) is 41.9 Å². The highest BCUT2D eigenvalue weighted by atomic mass is 16.5. The molecule has 2 heterocycles. The Hall–Kier alpha value is -2.88. The Morgan fingerprint density at radius 3 is 2.56 bits per heavy atom. The number of aliphatic imine (C=N–C) groups is 1. The fraction of sp³-hybridized carbons (Fsp3) is 0.304. The van der Waals surface area contributed by atoms with Crippen molar-refractivity contribution in [2.75, 3.05) is 25.1 Å². The zero-order chi connectivity index (χ0) is 18.4. The number of hydrogen-bond donors (Lipinski definition) is 0. The van der Waals surface area contributed by atoms with Gasteiger partial charge in [0.2, 0.25) is 5.91 Å². The second kappa shape index (κ2) is 6.08. The molecule has 1 spiro atoms. The summed E-state index contributed by atoms with van der Waals surface area (Å²) in [6, 6.07) is 14.5. The molecule has 1 fully saturated rings. The van der Waals surface area contributed by atoms with Gasteiger partial charge in [0.1, 0.15) is 5.75 Å². The molecular weight excluding hydrogens is 336 g/mol. The van der Waals surface area contributed by atoms with Crippen LogP contribution in [0.2, 0.25) is 0 Å². The van der Waals surface area contributed by atoms with Crippen LogP contribution in [0.15, 0.2) is 53.5 Å². The van der Waals surface area contributed by atoms with E-state index in [0.717, 1.165) is 48.4 Å². The van der Waals surface area contributed by atoms with E-state index in [1.165, 1.54) is 11.1 Å². The minimum absolute atomic E-state index is 0.246. The number of allylic oxidation sites excluding steroid dienone is 1. The van der Waals surface area contributed by atoms with Gasteiger partial charge in [-0.1, -0.05) is 30.3 Å². The molecule has 0 saturated carbocycles. The van der Waals surface area contributed by atoms with E-state index in [0.29, 0.717) is 6.54 Å². The van der Waals surface area contributed by atoms with E-state index in [-0.39, 0.29) is 11.3 Å². The van der Waals surface area contributed by atoms with Crippen molar-refractivity contribution in [2.24, 2.45) is 10.4 Å². The first-order valence-electron chi connectivity index (χ1n) is 9.47. The number of hydrogen-bond acceptors (Lipinski definition) is 3. The van der Waals surface area contributed by atoms with Gasteiger partial charge in [-0.3, -0.25) is 9.79 Å². The molecule has 27 heavy (non-hydrogen) atoms. The van der Waals surface area contributed by atoms with Crippen molar-refractivity contribution < 1.29 is 9.53 Å². The summed E-state index contributed by atoms with van der Waals surface area (Å²) in [5.41, 5.74) is 5.41. The second-order valence-corrected chi connectivity index (χ2v) is 7.65. The monoisotopic (exact) mass is 358 g/mol. The van der Waals surface area contributed by atoms with Gasteiger partial charge >= 0.3 is 0 Å². The molecule has 0 unspecified atom stereocenters. The van der Waals surface area contributed by atoms with Crippen LogP contribution >= 0.6 is 0 Å². The number of carbonyl (C=O) groups excluding carboxylic acids is 1. The highest BCUT2D eigenvalue weighted by Crippen LogP contribution is 2.46. The summed E-state index contributed by atoms with van der Waals surface area (Å²) in [5.74, 6) is 1.03. The molecule has 0 radical (unpaired) electrons. The Bertz CT molecular complexity index is 965. The van der Waals surface area contributed by atoms with Crippen molar-refractivity contribution in [3.05, 3.63) is 65.2 Å². The van der Waals surface area contributed by atoms with Crippen molar-refractivity contribution >= 4 is 23.4 Å². The largest absolute Gasteiger partial charge is 0.496 e. The summed E-state index contributed by atoms with van der Waals surface area (Å²) < 4.78 is 5.62. The van der Waals surface area contributed by atoms with E-state index in [9.17, 15) is 4.79 Å². The van der Waals surface area contributed by atoms with E-state index in [2.05, 4.69) is 35.3 Å². The summed E-state index contributed by atoms with van der Waals surface area (Å²) in [6.07, 6.45) is 6.59. The number of anilines is 1. The van der Waals surface area contributed by atoms with Crippen molar-refractivity contribution in [3.63, 3.8) is 0 Å². The molecule has 1 aliphatic carbocycles. The number of benzene rings is 2. The summed E-state index contributed by atoms with van der Waals surface area (Å²) in [7, 11) is 1.68. The Morgan fingerprint density at radius 1 is 1.11 bits per heavy atom. The van der Waals surface area contributed by atoms with Crippen LogP contribution in [0.25, 0.3) is 5.57 Å². The summed E-state index contributed by atoms with van der Waals surface area (Å²) >= 11 is 0. The molecule has 3 aliphatic rings. The number of nitrogens with zero attached hydrogens (tertiary/aromatic N) is 2. The highest BCUT2D eigenvalue weighted by Gasteiger charge is 2.50. The molecule has 4 nitrogen and oxygen atoms in total. The standard InChI is InChI=1S/C23H22N2O2/c1-27-21-12-19(6-7-20(21)18-8-10-24-15-18)25-11-9-23(22(25)26)13-16-4-2-3-5-17(16)14-23/h2-8,12,15H,9-11,13-14H2,1H3. The van der Waals surface area contributed by atoms with Gasteiger partial charge in [0.05, 0.1) is 19.1 Å². The Kier molecular flexibility index (Phi) is 3.67. The minimum atomic E-state index is -0.268. The fourth-order valence-corrected chi connectivity index (χ4v) is 4.71. The van der Waals surface area contributed by atoms with Crippen LogP contribution < -0.4 is 9.64 Å². The maximum absolute atomic E-state index is 13.4. The number of rotatable bonds is 3. The lowest BCUT2D eigenvalue weighted by Gasteiger charge is -2.23. The van der Waals surface area contributed by atoms with E-state index < -0.39 is 0 Å². The second-order valence-electron chi connectivity index (χ2n) is 7.65. The lowest BCUT2D eigenvalue weighted by molar-refractivity contribution is -0.125. The maximum atomic E-state index is 13.4. The van der Waals surface area contributed by atoms with E-state index >= 15 is 0 Å². The molecule has 0 atom stereocenters. The Balaban J connectivity index is 1.45. The zero-order valence-electron chi connectivity index (χ0n) is 15.4. The molecule has 4 heteroatoms. The minimum Gasteiger partial charge on any atom is -0.496 e. The number of amides is 1. The molecule has 2 aromatic carbocycles. The van der Waals surface area contributed by atoms with Gasteiger partial charge in [0, 0.05) is 35.6 Å². The molecule has 0 N–H and O–H groups in total. The van der Waals surface area contributed by atoms with Crippen molar-refractivity contribution in [1.29, 1.82) is 0 Å². The predicted octanol–water partition coefficient (Wildman–Crippen LogP) is 3.68. The number of methoxy groups -OCH3 is 1. The van der Waals surface area contributed by atoms with Crippen LogP contribution in [0.5, 0.6) is 5.75 Å². The summed E-state index contributed by atoms with van der Waals surface area (Å²) in [5, 5.41) is 0. The molecule has 0 aromatic heterocycles. The van der Waals surface area contributed by atoms with Gasteiger partial charge in [-0.25, -0.2) is 0 Å². The first kappa shape index (κ1) is 16.3. The molecule has 5 rings (SSSR count). The smallest absolute Gasteiger partial charge is 0.233 e. The average Bonchev–Trinajstić information content (AvgIpc) is 3.42. The van der Waals surface area contributed by atoms with Gasteiger partial charge in [0.25, 0.3) is 0 Å². The van der Waals surface area contributed by atoms with Crippen molar-refractivity contribution in [1.82, 2.24) is 0 Å².